The normalized spacial score (nSPS) is 20.8. The number of aryl methyl sites for hydroxylation is 1. The summed E-state index contributed by atoms with van der Waals surface area (Å²) in [6.45, 7) is 6.14. The third kappa shape index (κ3) is 1.94. The van der Waals surface area contributed by atoms with Gasteiger partial charge in [-0.2, -0.15) is 5.10 Å². The summed E-state index contributed by atoms with van der Waals surface area (Å²) in [5, 5.41) is 4.59. The van der Waals surface area contributed by atoms with Crippen molar-refractivity contribution in [2.45, 2.75) is 32.0 Å². The fraction of sp³-hybridized carbons (Fsp3) is 0.375. The number of hydrogen-bond acceptors (Lipinski definition) is 2. The molecule has 20 heavy (non-hydrogen) atoms. The Balaban J connectivity index is 2.21. The summed E-state index contributed by atoms with van der Waals surface area (Å²) in [5.41, 5.74) is 3.53. The van der Waals surface area contributed by atoms with Crippen LogP contribution in [0.4, 0.5) is 0 Å². The van der Waals surface area contributed by atoms with Crippen LogP contribution in [0.15, 0.2) is 30.3 Å². The average molecular weight is 333 g/mol. The third-order valence-electron chi connectivity index (χ3n) is 3.94. The Morgan fingerprint density at radius 1 is 1.30 bits per heavy atom. The minimum atomic E-state index is -0.144. The lowest BCUT2D eigenvalue weighted by molar-refractivity contribution is 0.0927. The molecule has 0 radical (unpaired) electrons. The van der Waals surface area contributed by atoms with Gasteiger partial charge in [0.05, 0.1) is 27.5 Å². The maximum Gasteiger partial charge on any atom is 0.180 e. The summed E-state index contributed by atoms with van der Waals surface area (Å²) in [6.07, 6.45) is 0.833. The van der Waals surface area contributed by atoms with E-state index in [9.17, 15) is 4.79 Å². The van der Waals surface area contributed by atoms with Gasteiger partial charge in [0.15, 0.2) is 5.78 Å². The van der Waals surface area contributed by atoms with Gasteiger partial charge in [-0.15, -0.1) is 0 Å². The van der Waals surface area contributed by atoms with Crippen LogP contribution in [0.25, 0.3) is 5.69 Å². The molecule has 1 aromatic carbocycles. The number of hydrogen-bond donors (Lipinski definition) is 0. The molecular formula is C16H17BrN2O. The van der Waals surface area contributed by atoms with E-state index in [1.54, 1.807) is 0 Å². The van der Waals surface area contributed by atoms with Gasteiger partial charge in [-0.1, -0.05) is 48.0 Å². The van der Waals surface area contributed by atoms with E-state index in [1.807, 2.05) is 41.9 Å². The summed E-state index contributed by atoms with van der Waals surface area (Å²) in [6, 6.07) is 9.99. The first-order valence-electron chi connectivity index (χ1n) is 6.74. The number of aromatic nitrogens is 2. The largest absolute Gasteiger partial charge is 0.293 e. The molecule has 0 unspecified atom stereocenters. The minimum absolute atomic E-state index is 0.108. The molecule has 1 heterocycles. The lowest BCUT2D eigenvalue weighted by atomic mass is 9.75. The molecule has 4 heteroatoms. The molecule has 104 valence electrons. The molecule has 1 aliphatic rings. The fourth-order valence-electron chi connectivity index (χ4n) is 2.84. The van der Waals surface area contributed by atoms with E-state index in [-0.39, 0.29) is 16.0 Å². The zero-order valence-electron chi connectivity index (χ0n) is 11.9. The number of carbonyl (C=O) groups excluding carboxylic acids is 1. The van der Waals surface area contributed by atoms with Crippen LogP contribution in [0.5, 0.6) is 0 Å². The van der Waals surface area contributed by atoms with Crippen LogP contribution in [-0.2, 0) is 6.42 Å². The van der Waals surface area contributed by atoms with Crippen molar-refractivity contribution in [2.24, 2.45) is 5.41 Å². The van der Waals surface area contributed by atoms with Gasteiger partial charge >= 0.3 is 0 Å². The van der Waals surface area contributed by atoms with E-state index in [2.05, 4.69) is 34.9 Å². The summed E-state index contributed by atoms with van der Waals surface area (Å²) in [7, 11) is 0. The zero-order valence-corrected chi connectivity index (χ0v) is 13.4. The smallest absolute Gasteiger partial charge is 0.180 e. The zero-order chi connectivity index (χ0) is 14.5. The average Bonchev–Trinajstić information content (AvgIpc) is 2.73. The van der Waals surface area contributed by atoms with Gasteiger partial charge in [0.25, 0.3) is 0 Å². The molecule has 0 amide bonds. The maximum absolute atomic E-state index is 12.6. The molecule has 0 saturated heterocycles. The number of halogens is 1. The van der Waals surface area contributed by atoms with Crippen LogP contribution in [0.1, 0.15) is 35.6 Å². The molecule has 1 aliphatic carbocycles. The molecule has 3 nitrogen and oxygen atoms in total. The highest BCUT2D eigenvalue weighted by Gasteiger charge is 2.42. The topological polar surface area (TPSA) is 34.9 Å². The van der Waals surface area contributed by atoms with E-state index < -0.39 is 0 Å². The van der Waals surface area contributed by atoms with Gasteiger partial charge in [0.2, 0.25) is 0 Å². The first-order valence-corrected chi connectivity index (χ1v) is 7.65. The molecule has 0 aliphatic heterocycles. The van der Waals surface area contributed by atoms with Crippen LogP contribution in [0.3, 0.4) is 0 Å². The van der Waals surface area contributed by atoms with Crippen molar-refractivity contribution < 1.29 is 4.79 Å². The number of Topliss-reactive ketones (excluding diaryl/α,β-unsaturated/α-hetero) is 1. The van der Waals surface area contributed by atoms with Crippen molar-refractivity contribution in [1.29, 1.82) is 0 Å². The molecule has 2 aromatic rings. The predicted octanol–water partition coefficient (Wildman–Crippen LogP) is 3.71. The molecular weight excluding hydrogens is 316 g/mol. The Bertz CT molecular complexity index is 673. The lowest BCUT2D eigenvalue weighted by Crippen LogP contribution is -2.39. The second-order valence-corrected chi connectivity index (χ2v) is 6.96. The third-order valence-corrected chi connectivity index (χ3v) is 5.60. The summed E-state index contributed by atoms with van der Waals surface area (Å²) >= 11 is 3.56. The van der Waals surface area contributed by atoms with Gasteiger partial charge in [0, 0.05) is 0 Å². The Kier molecular flexibility index (Phi) is 3.09. The molecule has 0 N–H and O–H groups in total. The highest BCUT2D eigenvalue weighted by Crippen LogP contribution is 2.40. The van der Waals surface area contributed by atoms with E-state index >= 15 is 0 Å². The molecule has 0 saturated carbocycles. The predicted molar refractivity (Wildman–Crippen MR) is 82.8 cm³/mol. The van der Waals surface area contributed by atoms with Crippen molar-refractivity contribution in [2.75, 3.05) is 0 Å². The second kappa shape index (κ2) is 4.55. The van der Waals surface area contributed by atoms with Crippen LogP contribution in [-0.4, -0.2) is 20.4 Å². The van der Waals surface area contributed by atoms with Crippen molar-refractivity contribution >= 4 is 21.7 Å². The van der Waals surface area contributed by atoms with Crippen molar-refractivity contribution in [3.05, 3.63) is 47.3 Å². The highest BCUT2D eigenvalue weighted by molar-refractivity contribution is 9.10. The van der Waals surface area contributed by atoms with Gasteiger partial charge in [-0.25, -0.2) is 4.68 Å². The summed E-state index contributed by atoms with van der Waals surface area (Å²) < 4.78 is 1.92. The van der Waals surface area contributed by atoms with Gasteiger partial charge in [0.1, 0.15) is 0 Å². The monoisotopic (exact) mass is 332 g/mol. The standard InChI is InChI=1S/C16H17BrN2O/c1-10-13-12(9-16(2,3)15(17)14(13)20)19(18-10)11-7-5-4-6-8-11/h4-8,15H,9H2,1-3H3/t15-/m0/s1. The van der Waals surface area contributed by atoms with E-state index in [4.69, 9.17) is 0 Å². The minimum Gasteiger partial charge on any atom is -0.293 e. The van der Waals surface area contributed by atoms with Crippen molar-refractivity contribution in [1.82, 2.24) is 9.78 Å². The van der Waals surface area contributed by atoms with Crippen LogP contribution >= 0.6 is 15.9 Å². The quantitative estimate of drug-likeness (QED) is 0.746. The number of nitrogens with zero attached hydrogens (tertiary/aromatic N) is 2. The molecule has 1 aromatic heterocycles. The van der Waals surface area contributed by atoms with Crippen molar-refractivity contribution in [3.8, 4) is 5.69 Å². The van der Waals surface area contributed by atoms with Crippen molar-refractivity contribution in [3.63, 3.8) is 0 Å². The van der Waals surface area contributed by atoms with Gasteiger partial charge in [-0.05, 0) is 30.9 Å². The Labute approximate surface area is 127 Å². The molecule has 0 bridgehead atoms. The highest BCUT2D eigenvalue weighted by atomic mass is 79.9. The lowest BCUT2D eigenvalue weighted by Gasteiger charge is -2.34. The van der Waals surface area contributed by atoms with E-state index in [0.717, 1.165) is 29.1 Å². The number of fused-ring (bicyclic) bond motifs is 1. The molecule has 3 rings (SSSR count). The van der Waals surface area contributed by atoms with Crippen LogP contribution in [0, 0.1) is 12.3 Å². The molecule has 0 spiro atoms. The Morgan fingerprint density at radius 2 is 1.95 bits per heavy atom. The molecule has 0 fully saturated rings. The number of benzene rings is 1. The number of carbonyl (C=O) groups is 1. The second-order valence-electron chi connectivity index (χ2n) is 6.05. The maximum atomic E-state index is 12.6. The first-order chi connectivity index (χ1) is 9.42. The number of rotatable bonds is 1. The SMILES string of the molecule is Cc1nn(-c2ccccc2)c2c1C(=O)[C@H](Br)C(C)(C)C2. The Hall–Kier alpha value is -1.42. The van der Waals surface area contributed by atoms with Crippen LogP contribution < -0.4 is 0 Å². The number of para-hydroxylation sites is 1. The van der Waals surface area contributed by atoms with E-state index in [1.165, 1.54) is 0 Å². The first kappa shape index (κ1) is 13.6. The molecule has 1 atom stereocenters. The van der Waals surface area contributed by atoms with Gasteiger partial charge in [-0.3, -0.25) is 4.79 Å². The van der Waals surface area contributed by atoms with Crippen LogP contribution in [0.2, 0.25) is 0 Å². The van der Waals surface area contributed by atoms with Gasteiger partial charge < -0.3 is 0 Å². The number of ketones is 1. The number of alkyl halides is 1. The summed E-state index contributed by atoms with van der Waals surface area (Å²) in [4.78, 5) is 12.5. The fourth-order valence-corrected chi connectivity index (χ4v) is 3.24. The van der Waals surface area contributed by atoms with E-state index in [0.29, 0.717) is 0 Å². The Morgan fingerprint density at radius 3 is 2.60 bits per heavy atom. The summed E-state index contributed by atoms with van der Waals surface area (Å²) in [5.74, 6) is 0.149.